The lowest BCUT2D eigenvalue weighted by Crippen LogP contribution is -2.21. The highest BCUT2D eigenvalue weighted by Gasteiger charge is 2.12. The molecule has 0 saturated carbocycles. The van der Waals surface area contributed by atoms with E-state index in [-0.39, 0.29) is 19.0 Å². The van der Waals surface area contributed by atoms with Gasteiger partial charge < -0.3 is 9.47 Å². The van der Waals surface area contributed by atoms with Crippen LogP contribution in [0.4, 0.5) is 0 Å². The van der Waals surface area contributed by atoms with E-state index in [1.807, 2.05) is 56.6 Å². The Bertz CT molecular complexity index is 1210. The maximum Gasteiger partial charge on any atom is 0.303 e. The molecule has 3 aromatic rings. The number of aryl methyl sites for hydroxylation is 2. The van der Waals surface area contributed by atoms with Crippen molar-refractivity contribution in [2.45, 2.75) is 107 Å². The number of rotatable bonds is 10. The van der Waals surface area contributed by atoms with Crippen molar-refractivity contribution in [2.75, 3.05) is 13.7 Å². The van der Waals surface area contributed by atoms with Crippen LogP contribution in [0.3, 0.4) is 0 Å². The molecule has 6 heteroatoms. The maximum absolute atomic E-state index is 10.2. The van der Waals surface area contributed by atoms with Crippen molar-refractivity contribution in [1.29, 1.82) is 5.26 Å². The Morgan fingerprint density at radius 3 is 2.02 bits per heavy atom. The number of carbonyl (C=O) groups is 1. The van der Waals surface area contributed by atoms with Crippen LogP contribution in [0, 0.1) is 37.0 Å². The first kappa shape index (κ1) is 39.6. The normalized spacial score (nSPS) is 11.2. The first-order valence-corrected chi connectivity index (χ1v) is 15.1. The number of hydrogen-bond acceptors (Lipinski definition) is 5. The molecule has 0 saturated heterocycles. The molecule has 0 radical (unpaired) electrons. The van der Waals surface area contributed by atoms with Gasteiger partial charge in [0.05, 0.1) is 28.7 Å². The molecular weight excluding hydrogens is 534 g/mol. The second kappa shape index (κ2) is 20.5. The van der Waals surface area contributed by atoms with Gasteiger partial charge in [-0.3, -0.25) is 4.79 Å². The van der Waals surface area contributed by atoms with Crippen molar-refractivity contribution >= 4 is 5.97 Å². The third kappa shape index (κ3) is 16.7. The second-order valence-electron chi connectivity index (χ2n) is 12.2. The highest BCUT2D eigenvalue weighted by Crippen LogP contribution is 2.24. The van der Waals surface area contributed by atoms with Gasteiger partial charge in [-0.1, -0.05) is 83.7 Å². The Morgan fingerprint density at radius 2 is 1.58 bits per heavy atom. The summed E-state index contributed by atoms with van der Waals surface area (Å²) in [4.78, 5) is 10.2. The van der Waals surface area contributed by atoms with Gasteiger partial charge in [0, 0.05) is 26.2 Å². The molecule has 0 aliphatic heterocycles. The fraction of sp³-hybridized carbons (Fsp3) is 0.541. The van der Waals surface area contributed by atoms with Crippen LogP contribution in [0.15, 0.2) is 54.6 Å². The van der Waals surface area contributed by atoms with Crippen LogP contribution in [-0.4, -0.2) is 35.1 Å². The van der Waals surface area contributed by atoms with Gasteiger partial charge in [0.1, 0.15) is 5.60 Å². The molecule has 0 spiro atoms. The number of hydrogen-bond donors (Lipinski definition) is 0. The monoisotopic (exact) mass is 591 g/mol. The molecule has 3 rings (SSSR count). The summed E-state index contributed by atoms with van der Waals surface area (Å²) < 4.78 is 11.8. The molecule has 0 fully saturated rings. The first-order chi connectivity index (χ1) is 19.8. The number of aromatic nitrogens is 2. The van der Waals surface area contributed by atoms with Crippen LogP contribution in [0.25, 0.3) is 16.9 Å². The predicted molar refractivity (Wildman–Crippen MR) is 180 cm³/mol. The van der Waals surface area contributed by atoms with E-state index in [1.165, 1.54) is 44.6 Å². The largest absolute Gasteiger partial charge is 0.460 e. The van der Waals surface area contributed by atoms with Crippen LogP contribution < -0.4 is 0 Å². The molecule has 43 heavy (non-hydrogen) atoms. The Labute approximate surface area is 262 Å². The molecule has 0 amide bonds. The van der Waals surface area contributed by atoms with Crippen molar-refractivity contribution in [2.24, 2.45) is 11.8 Å². The number of nitriles is 1. The van der Waals surface area contributed by atoms with Gasteiger partial charge in [-0.2, -0.15) is 10.4 Å². The van der Waals surface area contributed by atoms with Gasteiger partial charge in [0.25, 0.3) is 0 Å². The van der Waals surface area contributed by atoms with E-state index in [2.05, 4.69) is 69.2 Å². The van der Waals surface area contributed by atoms with Crippen molar-refractivity contribution < 1.29 is 14.3 Å². The summed E-state index contributed by atoms with van der Waals surface area (Å²) >= 11 is 0. The van der Waals surface area contributed by atoms with Crippen LogP contribution >= 0.6 is 0 Å². The van der Waals surface area contributed by atoms with E-state index < -0.39 is 0 Å². The summed E-state index contributed by atoms with van der Waals surface area (Å²) in [5, 5.41) is 13.5. The zero-order valence-electron chi connectivity index (χ0n) is 27.7. The lowest BCUT2D eigenvalue weighted by atomic mass is 9.92. The quantitative estimate of drug-likeness (QED) is 0.219. The molecule has 0 aliphatic carbocycles. The van der Waals surface area contributed by atoms with E-state index in [0.717, 1.165) is 41.1 Å². The van der Waals surface area contributed by atoms with Crippen molar-refractivity contribution in [1.82, 2.24) is 9.78 Å². The van der Waals surface area contributed by atoms with Crippen molar-refractivity contribution in [3.63, 3.8) is 0 Å². The van der Waals surface area contributed by atoms with Crippen LogP contribution in [0.5, 0.6) is 0 Å². The first-order valence-electron chi connectivity index (χ1n) is 15.1. The van der Waals surface area contributed by atoms with Crippen LogP contribution in [-0.2, 0) is 14.3 Å². The minimum Gasteiger partial charge on any atom is -0.460 e. The molecule has 1 atom stereocenters. The number of methoxy groups -OCH3 is 1. The fourth-order valence-electron chi connectivity index (χ4n) is 4.43. The average molecular weight is 592 g/mol. The highest BCUT2D eigenvalue weighted by atomic mass is 16.6. The molecule has 0 bridgehead atoms. The summed E-state index contributed by atoms with van der Waals surface area (Å²) in [5.41, 5.74) is 5.67. The van der Waals surface area contributed by atoms with Gasteiger partial charge in [0.15, 0.2) is 0 Å². The fourth-order valence-corrected chi connectivity index (χ4v) is 4.43. The topological polar surface area (TPSA) is 77.1 Å². The standard InChI is InChI=1S/C18H15N3.C12H26O.C6H12O2.CH4/c1-13-3-7-16(8-4-13)18-11-14(2)20-21(18)17-9-5-15(12-19)6-10-17;1-5-6-12(9-10-13-4)8-7-11(2)3;1-5(7)8-6(2,3)4;/h3-11H,1-2H3;11-12H,5-10H2,1-4H3;1-4H3;1H4. The van der Waals surface area contributed by atoms with E-state index in [0.29, 0.717) is 5.56 Å². The van der Waals surface area contributed by atoms with Crippen LogP contribution in [0.2, 0.25) is 0 Å². The minimum absolute atomic E-state index is 0. The summed E-state index contributed by atoms with van der Waals surface area (Å²) in [6.45, 7) is 18.8. The predicted octanol–water partition coefficient (Wildman–Crippen LogP) is 9.89. The number of benzene rings is 2. The van der Waals surface area contributed by atoms with Crippen LogP contribution in [0.1, 0.15) is 105 Å². The smallest absolute Gasteiger partial charge is 0.303 e. The minimum atomic E-state index is -0.328. The van der Waals surface area contributed by atoms with Crippen molar-refractivity contribution in [3.8, 4) is 23.0 Å². The molecule has 0 N–H and O–H groups in total. The summed E-state index contributed by atoms with van der Waals surface area (Å²) in [6, 6.07) is 20.1. The van der Waals surface area contributed by atoms with Gasteiger partial charge in [-0.05, 0) is 83.2 Å². The second-order valence-corrected chi connectivity index (χ2v) is 12.2. The zero-order chi connectivity index (χ0) is 31.7. The molecule has 1 unspecified atom stereocenters. The lowest BCUT2D eigenvalue weighted by Gasteiger charge is -2.17. The number of esters is 1. The van der Waals surface area contributed by atoms with E-state index in [1.54, 1.807) is 7.11 Å². The lowest BCUT2D eigenvalue weighted by molar-refractivity contribution is -0.151. The molecule has 6 nitrogen and oxygen atoms in total. The molecule has 0 aliphatic rings. The molecule has 1 heterocycles. The Balaban J connectivity index is 0.000000691. The molecule has 2 aromatic carbocycles. The van der Waals surface area contributed by atoms with E-state index >= 15 is 0 Å². The van der Waals surface area contributed by atoms with Gasteiger partial charge >= 0.3 is 5.97 Å². The van der Waals surface area contributed by atoms with Gasteiger partial charge in [-0.15, -0.1) is 0 Å². The number of nitrogens with zero attached hydrogens (tertiary/aromatic N) is 3. The highest BCUT2D eigenvalue weighted by molar-refractivity contribution is 5.66. The average Bonchev–Trinajstić information content (AvgIpc) is 3.31. The van der Waals surface area contributed by atoms with Gasteiger partial charge in [0.2, 0.25) is 0 Å². The Morgan fingerprint density at radius 1 is 0.977 bits per heavy atom. The number of carbonyl (C=O) groups excluding carboxylic acids is 1. The zero-order valence-corrected chi connectivity index (χ0v) is 27.7. The molecular formula is C37H57N3O3. The molecule has 1 aromatic heterocycles. The number of ether oxygens (including phenoxy) is 2. The van der Waals surface area contributed by atoms with E-state index in [4.69, 9.17) is 14.7 Å². The third-order valence-corrected chi connectivity index (χ3v) is 6.45. The summed E-state index contributed by atoms with van der Waals surface area (Å²) in [6.07, 6.45) is 6.68. The Kier molecular flexibility index (Phi) is 18.8. The SMILES string of the molecule is C.CC(=O)OC(C)(C)C.CCCC(CCOC)CCC(C)C.Cc1ccc(-c2cc(C)nn2-c2ccc(C#N)cc2)cc1. The summed E-state index contributed by atoms with van der Waals surface area (Å²) in [7, 11) is 1.80. The van der Waals surface area contributed by atoms with E-state index in [9.17, 15) is 4.79 Å². The van der Waals surface area contributed by atoms with Gasteiger partial charge in [-0.25, -0.2) is 4.68 Å². The Hall–Kier alpha value is -3.43. The maximum atomic E-state index is 10.2. The summed E-state index contributed by atoms with van der Waals surface area (Å²) in [5.74, 6) is 1.52. The third-order valence-electron chi connectivity index (χ3n) is 6.45. The molecule has 238 valence electrons. The van der Waals surface area contributed by atoms with Crippen molar-refractivity contribution in [3.05, 3.63) is 71.4 Å².